The second-order valence-corrected chi connectivity index (χ2v) is 9.16. The maximum atomic E-state index is 13.0. The standard InChI is InChI=1S/C23H21ClN2O5S/c1-26(18-10-6-3-7-11-18)32(29,30)19-12-13-21(24)20(14-19)23(28)31-16-22(27)25-15-17-8-4-2-5-9-17/h2-14H,15-16H2,1H3,(H,25,27). The SMILES string of the molecule is CN(c1ccccc1)S(=O)(=O)c1ccc(Cl)c(C(=O)OCC(=O)NCc2ccccc2)c1. The molecule has 0 saturated heterocycles. The van der Waals surface area contributed by atoms with Crippen molar-refractivity contribution < 1.29 is 22.7 Å². The van der Waals surface area contributed by atoms with E-state index < -0.39 is 28.5 Å². The van der Waals surface area contributed by atoms with Gasteiger partial charge in [-0.05, 0) is 35.9 Å². The molecule has 0 aromatic heterocycles. The molecule has 7 nitrogen and oxygen atoms in total. The van der Waals surface area contributed by atoms with Crippen LogP contribution in [0, 0.1) is 0 Å². The Labute approximate surface area is 191 Å². The normalized spacial score (nSPS) is 10.9. The van der Waals surface area contributed by atoms with Gasteiger partial charge in [-0.15, -0.1) is 0 Å². The monoisotopic (exact) mass is 472 g/mol. The first-order valence-electron chi connectivity index (χ1n) is 9.60. The van der Waals surface area contributed by atoms with Gasteiger partial charge in [0.2, 0.25) is 0 Å². The average Bonchev–Trinajstić information content (AvgIpc) is 2.82. The Kier molecular flexibility index (Phi) is 7.50. The third kappa shape index (κ3) is 5.66. The van der Waals surface area contributed by atoms with Gasteiger partial charge in [0.05, 0.1) is 21.2 Å². The molecule has 0 bridgehead atoms. The van der Waals surface area contributed by atoms with Crippen LogP contribution in [0.1, 0.15) is 15.9 Å². The molecule has 0 atom stereocenters. The molecule has 1 amide bonds. The fourth-order valence-corrected chi connectivity index (χ4v) is 4.23. The van der Waals surface area contributed by atoms with E-state index in [1.165, 1.54) is 19.2 Å². The van der Waals surface area contributed by atoms with E-state index in [-0.39, 0.29) is 22.0 Å². The molecule has 0 radical (unpaired) electrons. The minimum atomic E-state index is -3.95. The Balaban J connectivity index is 1.68. The third-order valence-electron chi connectivity index (χ3n) is 4.60. The number of anilines is 1. The number of nitrogens with zero attached hydrogens (tertiary/aromatic N) is 1. The molecule has 0 unspecified atom stereocenters. The molecule has 3 rings (SSSR count). The summed E-state index contributed by atoms with van der Waals surface area (Å²) in [6.07, 6.45) is 0. The number of ether oxygens (including phenoxy) is 1. The van der Waals surface area contributed by atoms with Crippen molar-refractivity contribution in [2.45, 2.75) is 11.4 Å². The first kappa shape index (κ1) is 23.3. The molecule has 0 fully saturated rings. The highest BCUT2D eigenvalue weighted by atomic mass is 35.5. The van der Waals surface area contributed by atoms with Crippen LogP contribution in [0.3, 0.4) is 0 Å². The van der Waals surface area contributed by atoms with Crippen LogP contribution >= 0.6 is 11.6 Å². The maximum absolute atomic E-state index is 13.0. The highest BCUT2D eigenvalue weighted by Crippen LogP contribution is 2.26. The Morgan fingerprint density at radius 1 is 0.969 bits per heavy atom. The fraction of sp³-hybridized carbons (Fsp3) is 0.130. The second-order valence-electron chi connectivity index (χ2n) is 6.79. The van der Waals surface area contributed by atoms with Gasteiger partial charge in [-0.3, -0.25) is 9.10 Å². The van der Waals surface area contributed by atoms with Crippen molar-refractivity contribution in [1.82, 2.24) is 5.32 Å². The molecule has 0 aliphatic heterocycles. The van der Waals surface area contributed by atoms with Crippen LogP contribution in [0.15, 0.2) is 83.8 Å². The van der Waals surface area contributed by atoms with Gasteiger partial charge >= 0.3 is 5.97 Å². The van der Waals surface area contributed by atoms with E-state index in [0.29, 0.717) is 5.69 Å². The molecule has 0 heterocycles. The van der Waals surface area contributed by atoms with Crippen molar-refractivity contribution in [3.8, 4) is 0 Å². The minimum Gasteiger partial charge on any atom is -0.452 e. The number of hydrogen-bond acceptors (Lipinski definition) is 5. The number of esters is 1. The number of benzene rings is 3. The van der Waals surface area contributed by atoms with Crippen LogP contribution in [0.2, 0.25) is 5.02 Å². The number of carbonyl (C=O) groups is 2. The van der Waals surface area contributed by atoms with Gasteiger partial charge in [-0.1, -0.05) is 60.1 Å². The van der Waals surface area contributed by atoms with Crippen LogP contribution < -0.4 is 9.62 Å². The average molecular weight is 473 g/mol. The number of para-hydroxylation sites is 1. The van der Waals surface area contributed by atoms with Crippen molar-refractivity contribution in [3.05, 3.63) is 95.0 Å². The lowest BCUT2D eigenvalue weighted by Gasteiger charge is -2.20. The minimum absolute atomic E-state index is 0.0148. The highest BCUT2D eigenvalue weighted by molar-refractivity contribution is 7.92. The summed E-state index contributed by atoms with van der Waals surface area (Å²) < 4.78 is 32.1. The number of carbonyl (C=O) groups excluding carboxylic acids is 2. The van der Waals surface area contributed by atoms with Gasteiger partial charge in [0.15, 0.2) is 6.61 Å². The van der Waals surface area contributed by atoms with Crippen LogP contribution in [0.25, 0.3) is 0 Å². The van der Waals surface area contributed by atoms with Gasteiger partial charge in [-0.25, -0.2) is 13.2 Å². The van der Waals surface area contributed by atoms with Gasteiger partial charge in [0, 0.05) is 13.6 Å². The van der Waals surface area contributed by atoms with Crippen molar-refractivity contribution in [2.75, 3.05) is 18.0 Å². The Hall–Kier alpha value is -3.36. The zero-order valence-corrected chi connectivity index (χ0v) is 18.8. The first-order chi connectivity index (χ1) is 15.3. The number of halogens is 1. The molecular weight excluding hydrogens is 452 g/mol. The Morgan fingerprint density at radius 2 is 1.59 bits per heavy atom. The van der Waals surface area contributed by atoms with Crippen molar-refractivity contribution >= 4 is 39.2 Å². The summed E-state index contributed by atoms with van der Waals surface area (Å²) in [5.74, 6) is -1.39. The van der Waals surface area contributed by atoms with E-state index in [0.717, 1.165) is 15.9 Å². The molecule has 1 N–H and O–H groups in total. The van der Waals surface area contributed by atoms with E-state index in [2.05, 4.69) is 5.32 Å². The largest absolute Gasteiger partial charge is 0.452 e. The van der Waals surface area contributed by atoms with E-state index in [9.17, 15) is 18.0 Å². The first-order valence-corrected chi connectivity index (χ1v) is 11.4. The quantitative estimate of drug-likeness (QED) is 0.505. The predicted molar refractivity (Wildman–Crippen MR) is 122 cm³/mol. The highest BCUT2D eigenvalue weighted by Gasteiger charge is 2.24. The third-order valence-corrected chi connectivity index (χ3v) is 6.71. The molecule has 0 aliphatic rings. The molecule has 166 valence electrons. The maximum Gasteiger partial charge on any atom is 0.340 e. The zero-order chi connectivity index (χ0) is 23.1. The summed E-state index contributed by atoms with van der Waals surface area (Å²) in [7, 11) is -2.54. The molecule has 0 spiro atoms. The lowest BCUT2D eigenvalue weighted by molar-refractivity contribution is -0.124. The lowest BCUT2D eigenvalue weighted by atomic mass is 10.2. The van der Waals surface area contributed by atoms with Crippen LogP contribution in [0.4, 0.5) is 5.69 Å². The summed E-state index contributed by atoms with van der Waals surface area (Å²) >= 11 is 6.08. The van der Waals surface area contributed by atoms with E-state index in [1.807, 2.05) is 30.3 Å². The second kappa shape index (κ2) is 10.3. The number of hydrogen-bond donors (Lipinski definition) is 1. The van der Waals surface area contributed by atoms with Gasteiger partial charge in [-0.2, -0.15) is 0 Å². The van der Waals surface area contributed by atoms with Crippen molar-refractivity contribution in [1.29, 1.82) is 0 Å². The number of nitrogens with one attached hydrogen (secondary N) is 1. The molecule has 0 saturated carbocycles. The summed E-state index contributed by atoms with van der Waals surface area (Å²) in [6.45, 7) is -0.236. The summed E-state index contributed by atoms with van der Waals surface area (Å²) in [4.78, 5) is 24.3. The van der Waals surface area contributed by atoms with Crippen LogP contribution in [-0.4, -0.2) is 33.9 Å². The molecular formula is C23H21ClN2O5S. The summed E-state index contributed by atoms with van der Waals surface area (Å²) in [5.41, 5.74) is 1.21. The van der Waals surface area contributed by atoms with Gasteiger partial charge in [0.1, 0.15) is 0 Å². The Bertz CT molecular complexity index is 1200. The topological polar surface area (TPSA) is 92.8 Å². The molecule has 9 heteroatoms. The summed E-state index contributed by atoms with van der Waals surface area (Å²) in [5, 5.41) is 2.65. The zero-order valence-electron chi connectivity index (χ0n) is 17.2. The predicted octanol–water partition coefficient (Wildman–Crippen LogP) is 3.64. The Morgan fingerprint density at radius 3 is 2.25 bits per heavy atom. The van der Waals surface area contributed by atoms with Crippen LogP contribution in [0.5, 0.6) is 0 Å². The number of rotatable bonds is 8. The number of sulfonamides is 1. The van der Waals surface area contributed by atoms with E-state index >= 15 is 0 Å². The molecule has 32 heavy (non-hydrogen) atoms. The molecule has 3 aromatic carbocycles. The number of amides is 1. The molecule has 3 aromatic rings. The van der Waals surface area contributed by atoms with E-state index in [1.54, 1.807) is 30.3 Å². The smallest absolute Gasteiger partial charge is 0.340 e. The van der Waals surface area contributed by atoms with Crippen molar-refractivity contribution in [2.24, 2.45) is 0 Å². The fourth-order valence-electron chi connectivity index (χ4n) is 2.81. The van der Waals surface area contributed by atoms with Crippen LogP contribution in [-0.2, 0) is 26.1 Å². The van der Waals surface area contributed by atoms with Gasteiger partial charge in [0.25, 0.3) is 15.9 Å². The molecule has 0 aliphatic carbocycles. The summed E-state index contributed by atoms with van der Waals surface area (Å²) in [6, 6.07) is 21.5. The lowest BCUT2D eigenvalue weighted by Crippen LogP contribution is -2.28. The van der Waals surface area contributed by atoms with E-state index in [4.69, 9.17) is 16.3 Å². The van der Waals surface area contributed by atoms with Crippen molar-refractivity contribution in [3.63, 3.8) is 0 Å². The van der Waals surface area contributed by atoms with Gasteiger partial charge < -0.3 is 10.1 Å².